The van der Waals surface area contributed by atoms with Gasteiger partial charge in [-0.2, -0.15) is 0 Å². The van der Waals surface area contributed by atoms with Crippen molar-refractivity contribution in [2.75, 3.05) is 0 Å². The predicted octanol–water partition coefficient (Wildman–Crippen LogP) is 1.91. The van der Waals surface area contributed by atoms with E-state index in [2.05, 4.69) is 27.6 Å². The molecule has 7 nitrogen and oxygen atoms in total. The van der Waals surface area contributed by atoms with Crippen molar-refractivity contribution in [1.29, 1.82) is 0 Å². The number of rotatable bonds is 3. The van der Waals surface area contributed by atoms with Gasteiger partial charge in [-0.05, 0) is 56.1 Å². The SMILES string of the molecule is O=C(O)C1CCC2=CN3C=C(C4CCCC(C(=O)O)N4)CCC3CC2=N1. The molecule has 4 heterocycles. The smallest absolute Gasteiger partial charge is 0.328 e. The van der Waals surface area contributed by atoms with Crippen molar-refractivity contribution in [2.24, 2.45) is 4.99 Å². The first-order valence-electron chi connectivity index (χ1n) is 9.48. The van der Waals surface area contributed by atoms with Crippen LogP contribution in [0.3, 0.4) is 0 Å². The summed E-state index contributed by atoms with van der Waals surface area (Å²) >= 11 is 0. The van der Waals surface area contributed by atoms with Crippen LogP contribution in [0.5, 0.6) is 0 Å². The van der Waals surface area contributed by atoms with E-state index in [0.717, 1.165) is 49.8 Å². The summed E-state index contributed by atoms with van der Waals surface area (Å²) in [7, 11) is 0. The van der Waals surface area contributed by atoms with Crippen LogP contribution in [0.15, 0.2) is 28.5 Å². The number of fused-ring (bicyclic) bond motifs is 2. The third kappa shape index (κ3) is 3.28. The molecule has 4 rings (SSSR count). The van der Waals surface area contributed by atoms with E-state index in [1.807, 2.05) is 0 Å². The van der Waals surface area contributed by atoms with Gasteiger partial charge >= 0.3 is 11.9 Å². The molecule has 0 aromatic heterocycles. The van der Waals surface area contributed by atoms with E-state index >= 15 is 0 Å². The van der Waals surface area contributed by atoms with Crippen LogP contribution in [-0.4, -0.2) is 56.9 Å². The lowest BCUT2D eigenvalue weighted by atomic mass is 9.84. The molecule has 4 unspecified atom stereocenters. The van der Waals surface area contributed by atoms with Gasteiger partial charge in [-0.15, -0.1) is 0 Å². The molecule has 0 spiro atoms. The van der Waals surface area contributed by atoms with Gasteiger partial charge in [0.15, 0.2) is 0 Å². The van der Waals surface area contributed by atoms with Crippen molar-refractivity contribution in [3.05, 3.63) is 23.5 Å². The van der Waals surface area contributed by atoms with Gasteiger partial charge in [0.1, 0.15) is 12.1 Å². The first-order valence-corrected chi connectivity index (χ1v) is 9.48. The number of nitrogens with zero attached hydrogens (tertiary/aromatic N) is 2. The maximum Gasteiger partial charge on any atom is 0.328 e. The van der Waals surface area contributed by atoms with E-state index in [0.29, 0.717) is 18.9 Å². The molecule has 1 saturated heterocycles. The zero-order valence-corrected chi connectivity index (χ0v) is 14.7. The number of nitrogens with one attached hydrogen (secondary N) is 1. The Balaban J connectivity index is 1.52. The Morgan fingerprint density at radius 3 is 2.69 bits per heavy atom. The van der Waals surface area contributed by atoms with Crippen molar-refractivity contribution in [1.82, 2.24) is 10.2 Å². The summed E-state index contributed by atoms with van der Waals surface area (Å²) in [5.74, 6) is -1.60. The minimum Gasteiger partial charge on any atom is -0.480 e. The van der Waals surface area contributed by atoms with E-state index in [1.165, 1.54) is 5.57 Å². The Morgan fingerprint density at radius 1 is 1.08 bits per heavy atom. The number of piperidine rings is 1. The summed E-state index contributed by atoms with van der Waals surface area (Å²) in [6, 6.07) is -0.574. The molecule has 140 valence electrons. The van der Waals surface area contributed by atoms with Crippen LogP contribution in [0.25, 0.3) is 0 Å². The Labute approximate surface area is 152 Å². The standard InChI is InChI=1S/C19H25N3O4/c23-18(24)15-3-1-2-14(20-15)11-4-6-13-8-17-12(10-22(13)9-11)5-7-16(21-17)19(25)26/h9-10,13-16,20H,1-8H2,(H,23,24)(H,25,26). The maximum absolute atomic E-state index is 11.3. The highest BCUT2D eigenvalue weighted by molar-refractivity contribution is 6.03. The summed E-state index contributed by atoms with van der Waals surface area (Å²) in [6.07, 6.45) is 11.0. The summed E-state index contributed by atoms with van der Waals surface area (Å²) in [5, 5.41) is 21.8. The molecular weight excluding hydrogens is 334 g/mol. The lowest BCUT2D eigenvalue weighted by molar-refractivity contribution is -0.140. The summed E-state index contributed by atoms with van der Waals surface area (Å²) in [5.41, 5.74) is 3.39. The minimum atomic E-state index is -0.832. The van der Waals surface area contributed by atoms with Gasteiger partial charge in [0.25, 0.3) is 0 Å². The third-order valence-corrected chi connectivity index (χ3v) is 6.02. The van der Waals surface area contributed by atoms with Gasteiger partial charge < -0.3 is 15.1 Å². The zero-order chi connectivity index (χ0) is 18.3. The molecular formula is C19H25N3O4. The van der Waals surface area contributed by atoms with E-state index < -0.39 is 24.0 Å². The molecule has 4 aliphatic rings. The van der Waals surface area contributed by atoms with Gasteiger partial charge in [-0.3, -0.25) is 15.1 Å². The maximum atomic E-state index is 11.3. The normalized spacial score (nSPS) is 34.0. The minimum absolute atomic E-state index is 0.141. The summed E-state index contributed by atoms with van der Waals surface area (Å²) < 4.78 is 0. The van der Waals surface area contributed by atoms with Crippen LogP contribution in [0.1, 0.15) is 51.4 Å². The topological polar surface area (TPSA) is 102 Å². The molecule has 1 fully saturated rings. The Kier molecular flexibility index (Phi) is 4.56. The summed E-state index contributed by atoms with van der Waals surface area (Å²) in [4.78, 5) is 29.2. The van der Waals surface area contributed by atoms with Gasteiger partial charge in [0.2, 0.25) is 0 Å². The average Bonchev–Trinajstić information content (AvgIpc) is 2.65. The highest BCUT2D eigenvalue weighted by atomic mass is 16.4. The van der Waals surface area contributed by atoms with Crippen molar-refractivity contribution in [3.8, 4) is 0 Å². The molecule has 7 heteroatoms. The number of aliphatic imine (C=N–C) groups is 1. The Morgan fingerprint density at radius 2 is 1.92 bits per heavy atom. The highest BCUT2D eigenvalue weighted by Crippen LogP contribution is 2.35. The quantitative estimate of drug-likeness (QED) is 0.711. The number of carboxylic acid groups (broad SMARTS) is 2. The highest BCUT2D eigenvalue weighted by Gasteiger charge is 2.35. The Bertz CT molecular complexity index is 712. The number of carboxylic acids is 2. The predicted molar refractivity (Wildman–Crippen MR) is 95.9 cm³/mol. The fourth-order valence-corrected chi connectivity index (χ4v) is 4.56. The first-order chi connectivity index (χ1) is 12.5. The number of allylic oxidation sites excluding steroid dienone is 1. The van der Waals surface area contributed by atoms with Crippen LogP contribution >= 0.6 is 0 Å². The molecule has 0 aromatic rings. The third-order valence-electron chi connectivity index (χ3n) is 6.02. The fraction of sp³-hybridized carbons (Fsp3) is 0.632. The molecule has 0 amide bonds. The van der Waals surface area contributed by atoms with Crippen LogP contribution in [0.4, 0.5) is 0 Å². The Hall–Kier alpha value is -2.15. The van der Waals surface area contributed by atoms with Crippen molar-refractivity contribution >= 4 is 17.7 Å². The van der Waals surface area contributed by atoms with E-state index in [1.54, 1.807) is 0 Å². The monoisotopic (exact) mass is 359 g/mol. The molecule has 3 N–H and O–H groups in total. The van der Waals surface area contributed by atoms with E-state index in [4.69, 9.17) is 0 Å². The first kappa shape index (κ1) is 17.3. The van der Waals surface area contributed by atoms with Gasteiger partial charge in [0.05, 0.1) is 0 Å². The van der Waals surface area contributed by atoms with Crippen molar-refractivity contribution < 1.29 is 19.8 Å². The number of carbonyl (C=O) groups is 2. The molecule has 26 heavy (non-hydrogen) atoms. The van der Waals surface area contributed by atoms with Crippen LogP contribution in [0.2, 0.25) is 0 Å². The molecule has 0 bridgehead atoms. The van der Waals surface area contributed by atoms with Crippen LogP contribution in [0, 0.1) is 0 Å². The molecule has 4 atom stereocenters. The van der Waals surface area contributed by atoms with Gasteiger partial charge in [-0.1, -0.05) is 0 Å². The second-order valence-corrected chi connectivity index (χ2v) is 7.71. The van der Waals surface area contributed by atoms with Crippen molar-refractivity contribution in [2.45, 2.75) is 75.5 Å². The van der Waals surface area contributed by atoms with Crippen LogP contribution < -0.4 is 5.32 Å². The van der Waals surface area contributed by atoms with Crippen LogP contribution in [-0.2, 0) is 9.59 Å². The second-order valence-electron chi connectivity index (χ2n) is 7.71. The number of hydrogen-bond acceptors (Lipinski definition) is 5. The summed E-state index contributed by atoms with van der Waals surface area (Å²) in [6.45, 7) is 0. The van der Waals surface area contributed by atoms with Gasteiger partial charge in [0, 0.05) is 36.6 Å². The molecule has 0 radical (unpaired) electrons. The zero-order valence-electron chi connectivity index (χ0n) is 14.7. The van der Waals surface area contributed by atoms with Gasteiger partial charge in [-0.25, -0.2) is 4.79 Å². The average molecular weight is 359 g/mol. The molecule has 0 saturated carbocycles. The molecule has 4 aliphatic heterocycles. The lowest BCUT2D eigenvalue weighted by Gasteiger charge is -2.41. The second kappa shape index (κ2) is 6.87. The van der Waals surface area contributed by atoms with E-state index in [9.17, 15) is 19.8 Å². The fourth-order valence-electron chi connectivity index (χ4n) is 4.56. The number of hydrogen-bond donors (Lipinski definition) is 3. The van der Waals surface area contributed by atoms with Crippen molar-refractivity contribution in [3.63, 3.8) is 0 Å². The molecule has 0 aliphatic carbocycles. The number of aliphatic carboxylic acids is 2. The molecule has 0 aromatic carbocycles. The van der Waals surface area contributed by atoms with E-state index in [-0.39, 0.29) is 6.04 Å². The largest absolute Gasteiger partial charge is 0.480 e. The lowest BCUT2D eigenvalue weighted by Crippen LogP contribution is -2.49.